The van der Waals surface area contributed by atoms with E-state index < -0.39 is 29.9 Å². The third kappa shape index (κ3) is 4.72. The van der Waals surface area contributed by atoms with Crippen LogP contribution in [-0.2, 0) is 25.5 Å². The molecule has 1 aromatic heterocycles. The van der Waals surface area contributed by atoms with Gasteiger partial charge in [-0.1, -0.05) is 36.4 Å². The summed E-state index contributed by atoms with van der Waals surface area (Å²) in [6.45, 7) is 0. The van der Waals surface area contributed by atoms with Gasteiger partial charge in [-0.05, 0) is 30.2 Å². The van der Waals surface area contributed by atoms with Gasteiger partial charge < -0.3 is 15.0 Å². The zero-order valence-corrected chi connectivity index (χ0v) is 18.0. The molecule has 3 aromatic rings. The molecule has 0 unspecified atom stereocenters. The fraction of sp³-hybridized carbons (Fsp3) is 0.250. The lowest BCUT2D eigenvalue weighted by Crippen LogP contribution is -2.58. The number of carbonyl (C=O) groups is 4. The maximum atomic E-state index is 13.4. The number of H-pyrrole nitrogens is 1. The lowest BCUT2D eigenvalue weighted by molar-refractivity contribution is -0.148. The second kappa shape index (κ2) is 9.56. The molecule has 33 heavy (non-hydrogen) atoms. The van der Waals surface area contributed by atoms with E-state index in [1.54, 1.807) is 36.5 Å². The fourth-order valence-electron chi connectivity index (χ4n) is 3.92. The van der Waals surface area contributed by atoms with Crippen molar-refractivity contribution in [1.82, 2.24) is 20.7 Å². The molecule has 2 heterocycles. The van der Waals surface area contributed by atoms with E-state index in [4.69, 9.17) is 4.74 Å². The number of benzene rings is 2. The predicted octanol–water partition coefficient (Wildman–Crippen LogP) is 1.70. The van der Waals surface area contributed by atoms with Crippen LogP contribution in [0.25, 0.3) is 10.9 Å². The number of aromatic amines is 1. The van der Waals surface area contributed by atoms with Gasteiger partial charge in [0, 0.05) is 35.5 Å². The van der Waals surface area contributed by atoms with E-state index in [1.807, 2.05) is 24.3 Å². The molecule has 0 saturated carbocycles. The van der Waals surface area contributed by atoms with Crippen LogP contribution in [0.4, 0.5) is 0 Å². The average molecular weight is 448 g/mol. The minimum atomic E-state index is -1.14. The van der Waals surface area contributed by atoms with Gasteiger partial charge in [-0.2, -0.15) is 0 Å². The largest absolute Gasteiger partial charge is 0.467 e. The molecule has 2 atom stereocenters. The Morgan fingerprint density at radius 2 is 1.85 bits per heavy atom. The summed E-state index contributed by atoms with van der Waals surface area (Å²) in [4.78, 5) is 53.9. The van der Waals surface area contributed by atoms with Crippen molar-refractivity contribution in [2.75, 3.05) is 7.11 Å². The number of hydrogen-bond donors (Lipinski definition) is 3. The predicted molar refractivity (Wildman–Crippen MR) is 120 cm³/mol. The number of nitrogens with zero attached hydrogens (tertiary/aromatic N) is 1. The normalized spacial score (nSPS) is 16.2. The number of esters is 1. The molecular weight excluding hydrogens is 424 g/mol. The number of rotatable bonds is 6. The Labute approximate surface area is 190 Å². The molecule has 3 N–H and O–H groups in total. The summed E-state index contributed by atoms with van der Waals surface area (Å²) in [6.07, 6.45) is 2.40. The van der Waals surface area contributed by atoms with Crippen LogP contribution in [0, 0.1) is 0 Å². The van der Waals surface area contributed by atoms with Gasteiger partial charge in [0.1, 0.15) is 6.04 Å². The first-order valence-corrected chi connectivity index (χ1v) is 10.6. The van der Waals surface area contributed by atoms with E-state index >= 15 is 0 Å². The van der Waals surface area contributed by atoms with Gasteiger partial charge in [0.25, 0.3) is 11.8 Å². The maximum absolute atomic E-state index is 13.4. The van der Waals surface area contributed by atoms with Crippen molar-refractivity contribution in [3.63, 3.8) is 0 Å². The van der Waals surface area contributed by atoms with Gasteiger partial charge in [-0.3, -0.25) is 19.8 Å². The van der Waals surface area contributed by atoms with Crippen molar-refractivity contribution >= 4 is 34.6 Å². The lowest BCUT2D eigenvalue weighted by Gasteiger charge is -2.31. The Morgan fingerprint density at radius 3 is 2.55 bits per heavy atom. The van der Waals surface area contributed by atoms with Crippen LogP contribution in [0.3, 0.4) is 0 Å². The van der Waals surface area contributed by atoms with Gasteiger partial charge >= 0.3 is 5.97 Å². The molecule has 1 aliphatic heterocycles. The Morgan fingerprint density at radius 1 is 1.12 bits per heavy atom. The highest BCUT2D eigenvalue weighted by Gasteiger charge is 2.36. The molecule has 9 heteroatoms. The topological polar surface area (TPSA) is 121 Å². The summed E-state index contributed by atoms with van der Waals surface area (Å²) in [5, 5.41) is 4.49. The maximum Gasteiger partial charge on any atom is 0.331 e. The number of hydrogen-bond acceptors (Lipinski definition) is 5. The van der Waals surface area contributed by atoms with E-state index in [2.05, 4.69) is 15.7 Å². The van der Waals surface area contributed by atoms with E-state index in [0.29, 0.717) is 12.0 Å². The summed E-state index contributed by atoms with van der Waals surface area (Å²) in [6, 6.07) is 14.0. The fourth-order valence-corrected chi connectivity index (χ4v) is 3.92. The van der Waals surface area contributed by atoms with Crippen LogP contribution in [-0.4, -0.2) is 52.9 Å². The Balaban J connectivity index is 1.69. The molecule has 4 rings (SSSR count). The van der Waals surface area contributed by atoms with E-state index in [1.165, 1.54) is 7.11 Å². The minimum absolute atomic E-state index is 0.104. The van der Waals surface area contributed by atoms with Crippen LogP contribution >= 0.6 is 0 Å². The number of para-hydroxylation sites is 1. The van der Waals surface area contributed by atoms with Crippen LogP contribution < -0.4 is 10.7 Å². The molecule has 170 valence electrons. The Hall–Kier alpha value is -4.14. The van der Waals surface area contributed by atoms with Gasteiger partial charge in [-0.25, -0.2) is 9.80 Å². The first kappa shape index (κ1) is 22.1. The van der Waals surface area contributed by atoms with Gasteiger partial charge in [0.2, 0.25) is 5.91 Å². The van der Waals surface area contributed by atoms with Crippen LogP contribution in [0.1, 0.15) is 28.8 Å². The molecule has 9 nitrogen and oxygen atoms in total. The lowest BCUT2D eigenvalue weighted by atomic mass is 10.0. The second-order valence-corrected chi connectivity index (χ2v) is 7.78. The second-order valence-electron chi connectivity index (χ2n) is 7.78. The van der Waals surface area contributed by atoms with Crippen molar-refractivity contribution in [3.05, 3.63) is 71.9 Å². The number of fused-ring (bicyclic) bond motifs is 1. The number of nitrogens with one attached hydrogen (secondary N) is 3. The Bertz CT molecular complexity index is 1190. The van der Waals surface area contributed by atoms with Gasteiger partial charge in [0.15, 0.2) is 6.04 Å². The first-order valence-electron chi connectivity index (χ1n) is 10.6. The summed E-state index contributed by atoms with van der Waals surface area (Å²) in [5.74, 6) is -2.05. The summed E-state index contributed by atoms with van der Waals surface area (Å²) < 4.78 is 5.00. The number of aromatic nitrogens is 1. The van der Waals surface area contributed by atoms with E-state index in [9.17, 15) is 19.2 Å². The highest BCUT2D eigenvalue weighted by molar-refractivity contribution is 5.99. The standard InChI is InChI=1S/C24H24N4O5/c1-33-24(32)20(13-16-14-25-18-10-6-5-9-17(16)18)28(23(31)15-7-3-2-4-8-15)27-22(30)19-11-12-21(29)26-19/h2-10,14,19-20,25H,11-13H2,1H3,(H,26,29)(H,27,30)/t19-,20-/m0/s1. The SMILES string of the molecule is COC(=O)[C@H](Cc1c[nH]c2ccccc12)N(NC(=O)[C@@H]1CCC(=O)N1)C(=O)c1ccccc1. The molecule has 2 aromatic carbocycles. The smallest absolute Gasteiger partial charge is 0.331 e. The Kier molecular flexibility index (Phi) is 6.39. The quantitative estimate of drug-likeness (QED) is 0.392. The molecule has 1 aliphatic rings. The zero-order chi connectivity index (χ0) is 23.4. The van der Waals surface area contributed by atoms with Crippen molar-refractivity contribution in [2.45, 2.75) is 31.3 Å². The van der Waals surface area contributed by atoms with E-state index in [0.717, 1.165) is 21.5 Å². The highest BCUT2D eigenvalue weighted by Crippen LogP contribution is 2.22. The molecule has 1 fully saturated rings. The summed E-state index contributed by atoms with van der Waals surface area (Å²) in [5.41, 5.74) is 4.54. The molecule has 0 radical (unpaired) electrons. The molecule has 0 bridgehead atoms. The van der Waals surface area contributed by atoms with Crippen LogP contribution in [0.2, 0.25) is 0 Å². The number of methoxy groups -OCH3 is 1. The third-order valence-corrected chi connectivity index (χ3v) is 5.66. The molecule has 3 amide bonds. The number of hydrazine groups is 1. The number of amides is 3. The molecule has 0 spiro atoms. The number of ether oxygens (including phenoxy) is 1. The first-order chi connectivity index (χ1) is 16.0. The molecule has 1 saturated heterocycles. The summed E-state index contributed by atoms with van der Waals surface area (Å²) >= 11 is 0. The zero-order valence-electron chi connectivity index (χ0n) is 18.0. The summed E-state index contributed by atoms with van der Waals surface area (Å²) in [7, 11) is 1.23. The van der Waals surface area contributed by atoms with Crippen molar-refractivity contribution in [1.29, 1.82) is 0 Å². The number of carbonyl (C=O) groups excluding carboxylic acids is 4. The minimum Gasteiger partial charge on any atom is -0.467 e. The van der Waals surface area contributed by atoms with Gasteiger partial charge in [0.05, 0.1) is 7.11 Å². The monoisotopic (exact) mass is 448 g/mol. The van der Waals surface area contributed by atoms with Gasteiger partial charge in [-0.15, -0.1) is 0 Å². The van der Waals surface area contributed by atoms with Crippen molar-refractivity contribution in [2.24, 2.45) is 0 Å². The van der Waals surface area contributed by atoms with Crippen molar-refractivity contribution in [3.8, 4) is 0 Å². The molecule has 0 aliphatic carbocycles. The highest BCUT2D eigenvalue weighted by atomic mass is 16.5. The van der Waals surface area contributed by atoms with Crippen LogP contribution in [0.15, 0.2) is 60.8 Å². The average Bonchev–Trinajstić information content (AvgIpc) is 3.47. The van der Waals surface area contributed by atoms with E-state index in [-0.39, 0.29) is 18.7 Å². The molecular formula is C24H24N4O5. The van der Waals surface area contributed by atoms with Crippen molar-refractivity contribution < 1.29 is 23.9 Å². The van der Waals surface area contributed by atoms with Crippen LogP contribution in [0.5, 0.6) is 0 Å². The third-order valence-electron chi connectivity index (χ3n) is 5.66.